The minimum atomic E-state index is -0.277. The standard InChI is InChI=1S/C21H24N6O2/c1-2-29-21(28)27-12-10-26(11-13-27)20-18(22)19(23-14-24-20)25-17-9-5-7-15-6-3-4-8-16(15)17/h3-9,14H,2,10-13,22H2,1H3,(H,23,24,25). The van der Waals surface area contributed by atoms with Crippen molar-refractivity contribution in [2.75, 3.05) is 48.7 Å². The molecule has 3 aromatic rings. The van der Waals surface area contributed by atoms with Crippen LogP contribution in [0.15, 0.2) is 48.8 Å². The molecule has 1 saturated heterocycles. The number of nitrogens with zero attached hydrogens (tertiary/aromatic N) is 4. The molecule has 0 bridgehead atoms. The fourth-order valence-electron chi connectivity index (χ4n) is 3.52. The SMILES string of the molecule is CCOC(=O)N1CCN(c2ncnc(Nc3cccc4ccccc34)c2N)CC1. The maximum absolute atomic E-state index is 11.9. The van der Waals surface area contributed by atoms with Crippen LogP contribution in [0.5, 0.6) is 0 Å². The molecule has 0 unspecified atom stereocenters. The highest BCUT2D eigenvalue weighted by atomic mass is 16.6. The summed E-state index contributed by atoms with van der Waals surface area (Å²) in [5, 5.41) is 5.59. The Morgan fingerprint density at radius 1 is 1.10 bits per heavy atom. The number of piperazine rings is 1. The molecule has 2 heterocycles. The number of anilines is 4. The van der Waals surface area contributed by atoms with Gasteiger partial charge in [0.1, 0.15) is 12.0 Å². The van der Waals surface area contributed by atoms with Crippen LogP contribution < -0.4 is 16.0 Å². The Labute approximate surface area is 169 Å². The van der Waals surface area contributed by atoms with E-state index in [1.54, 1.807) is 11.8 Å². The van der Waals surface area contributed by atoms with Crippen LogP contribution >= 0.6 is 0 Å². The molecule has 1 fully saturated rings. The Hall–Kier alpha value is -3.55. The number of nitrogens with one attached hydrogen (secondary N) is 1. The summed E-state index contributed by atoms with van der Waals surface area (Å²) in [7, 11) is 0. The van der Waals surface area contributed by atoms with Crippen molar-refractivity contribution >= 4 is 39.9 Å². The molecule has 8 nitrogen and oxygen atoms in total. The van der Waals surface area contributed by atoms with Crippen LogP contribution in [-0.4, -0.2) is 53.7 Å². The molecule has 3 N–H and O–H groups in total. The lowest BCUT2D eigenvalue weighted by Gasteiger charge is -2.35. The first-order valence-corrected chi connectivity index (χ1v) is 9.69. The molecule has 0 spiro atoms. The fourth-order valence-corrected chi connectivity index (χ4v) is 3.52. The minimum absolute atomic E-state index is 0.277. The van der Waals surface area contributed by atoms with E-state index in [1.807, 2.05) is 24.3 Å². The summed E-state index contributed by atoms with van der Waals surface area (Å²) < 4.78 is 5.07. The summed E-state index contributed by atoms with van der Waals surface area (Å²) in [4.78, 5) is 24.4. The van der Waals surface area contributed by atoms with Gasteiger partial charge in [0.25, 0.3) is 0 Å². The zero-order chi connectivity index (χ0) is 20.2. The fraction of sp³-hybridized carbons (Fsp3) is 0.286. The van der Waals surface area contributed by atoms with Crippen molar-refractivity contribution in [1.29, 1.82) is 0 Å². The molecule has 0 radical (unpaired) electrons. The number of rotatable bonds is 4. The number of hydrogen-bond donors (Lipinski definition) is 2. The van der Waals surface area contributed by atoms with Gasteiger partial charge in [-0.05, 0) is 18.4 Å². The molecule has 0 atom stereocenters. The summed E-state index contributed by atoms with van der Waals surface area (Å²) >= 11 is 0. The number of benzene rings is 2. The number of hydrogen-bond acceptors (Lipinski definition) is 7. The second-order valence-corrected chi connectivity index (χ2v) is 6.78. The Morgan fingerprint density at radius 2 is 1.86 bits per heavy atom. The summed E-state index contributed by atoms with van der Waals surface area (Å²) in [5.74, 6) is 1.24. The van der Waals surface area contributed by atoms with Gasteiger partial charge in [-0.1, -0.05) is 36.4 Å². The Balaban J connectivity index is 1.53. The predicted molar refractivity (Wildman–Crippen MR) is 114 cm³/mol. The molecule has 0 saturated carbocycles. The van der Waals surface area contributed by atoms with Crippen LogP contribution in [0.2, 0.25) is 0 Å². The van der Waals surface area contributed by atoms with E-state index in [1.165, 1.54) is 6.33 Å². The van der Waals surface area contributed by atoms with Gasteiger partial charge >= 0.3 is 6.09 Å². The van der Waals surface area contributed by atoms with Gasteiger partial charge in [0.15, 0.2) is 11.6 Å². The Kier molecular flexibility index (Phi) is 5.33. The highest BCUT2D eigenvalue weighted by Gasteiger charge is 2.24. The quantitative estimate of drug-likeness (QED) is 0.703. The molecule has 1 amide bonds. The molecule has 150 valence electrons. The van der Waals surface area contributed by atoms with Crippen LogP contribution in [0, 0.1) is 0 Å². The monoisotopic (exact) mass is 392 g/mol. The van der Waals surface area contributed by atoms with Gasteiger partial charge in [0.2, 0.25) is 0 Å². The van der Waals surface area contributed by atoms with Gasteiger partial charge in [-0.3, -0.25) is 0 Å². The summed E-state index contributed by atoms with van der Waals surface area (Å²) in [6, 6.07) is 14.2. The van der Waals surface area contributed by atoms with Gasteiger partial charge in [0.05, 0.1) is 6.61 Å². The summed E-state index contributed by atoms with van der Waals surface area (Å²) in [6.07, 6.45) is 1.23. The second-order valence-electron chi connectivity index (χ2n) is 6.78. The molecule has 0 aliphatic carbocycles. The molecule has 29 heavy (non-hydrogen) atoms. The van der Waals surface area contributed by atoms with E-state index in [2.05, 4.69) is 38.4 Å². The first-order chi connectivity index (χ1) is 14.2. The topological polar surface area (TPSA) is 96.6 Å². The minimum Gasteiger partial charge on any atom is -0.450 e. The first kappa shape index (κ1) is 18.8. The van der Waals surface area contributed by atoms with Gasteiger partial charge in [0, 0.05) is 37.3 Å². The number of nitrogens with two attached hydrogens (primary N) is 1. The number of carbonyl (C=O) groups is 1. The Bertz CT molecular complexity index is 1010. The normalized spacial score (nSPS) is 14.1. The highest BCUT2D eigenvalue weighted by Crippen LogP contribution is 2.31. The smallest absolute Gasteiger partial charge is 0.409 e. The first-order valence-electron chi connectivity index (χ1n) is 9.69. The molecular formula is C21H24N6O2. The van der Waals surface area contributed by atoms with E-state index in [0.29, 0.717) is 50.1 Å². The van der Waals surface area contributed by atoms with Crippen LogP contribution in [0.25, 0.3) is 10.8 Å². The number of amides is 1. The lowest BCUT2D eigenvalue weighted by Crippen LogP contribution is -2.49. The van der Waals surface area contributed by atoms with Crippen LogP contribution in [0.4, 0.5) is 27.8 Å². The molecule has 4 rings (SSSR count). The number of ether oxygens (including phenoxy) is 1. The van der Waals surface area contributed by atoms with Crippen molar-refractivity contribution in [1.82, 2.24) is 14.9 Å². The van der Waals surface area contributed by atoms with Gasteiger partial charge in [-0.15, -0.1) is 0 Å². The van der Waals surface area contributed by atoms with E-state index >= 15 is 0 Å². The molecule has 1 aliphatic rings. The zero-order valence-electron chi connectivity index (χ0n) is 16.3. The average Bonchev–Trinajstić information content (AvgIpc) is 2.76. The average molecular weight is 392 g/mol. The maximum Gasteiger partial charge on any atom is 0.409 e. The highest BCUT2D eigenvalue weighted by molar-refractivity contribution is 5.96. The van der Waals surface area contributed by atoms with E-state index < -0.39 is 0 Å². The van der Waals surface area contributed by atoms with Crippen molar-refractivity contribution in [2.24, 2.45) is 0 Å². The van der Waals surface area contributed by atoms with Crippen molar-refractivity contribution in [3.05, 3.63) is 48.8 Å². The van der Waals surface area contributed by atoms with Gasteiger partial charge < -0.3 is 25.6 Å². The third kappa shape index (κ3) is 3.87. The van der Waals surface area contributed by atoms with Crippen molar-refractivity contribution in [3.63, 3.8) is 0 Å². The zero-order valence-corrected chi connectivity index (χ0v) is 16.3. The summed E-state index contributed by atoms with van der Waals surface area (Å²) in [5.41, 5.74) is 7.84. The van der Waals surface area contributed by atoms with Crippen LogP contribution in [0.3, 0.4) is 0 Å². The number of fused-ring (bicyclic) bond motifs is 1. The molecule has 8 heteroatoms. The van der Waals surface area contributed by atoms with Crippen LogP contribution in [0.1, 0.15) is 6.92 Å². The van der Waals surface area contributed by atoms with Gasteiger partial charge in [-0.2, -0.15) is 0 Å². The summed E-state index contributed by atoms with van der Waals surface area (Å²) in [6.45, 7) is 4.57. The van der Waals surface area contributed by atoms with E-state index in [0.717, 1.165) is 16.5 Å². The molecule has 1 aliphatic heterocycles. The third-order valence-electron chi connectivity index (χ3n) is 5.01. The van der Waals surface area contributed by atoms with Crippen molar-refractivity contribution < 1.29 is 9.53 Å². The largest absolute Gasteiger partial charge is 0.450 e. The van der Waals surface area contributed by atoms with E-state index in [9.17, 15) is 4.79 Å². The molecule has 1 aromatic heterocycles. The third-order valence-corrected chi connectivity index (χ3v) is 5.01. The number of carbonyl (C=O) groups excluding carboxylic acids is 1. The maximum atomic E-state index is 11.9. The van der Waals surface area contributed by atoms with Crippen molar-refractivity contribution in [2.45, 2.75) is 6.92 Å². The number of nitrogen functional groups attached to an aromatic ring is 1. The van der Waals surface area contributed by atoms with Crippen molar-refractivity contribution in [3.8, 4) is 0 Å². The Morgan fingerprint density at radius 3 is 2.66 bits per heavy atom. The van der Waals surface area contributed by atoms with Crippen LogP contribution in [-0.2, 0) is 4.74 Å². The second kappa shape index (κ2) is 8.22. The lowest BCUT2D eigenvalue weighted by atomic mass is 10.1. The van der Waals surface area contributed by atoms with Gasteiger partial charge in [-0.25, -0.2) is 14.8 Å². The van der Waals surface area contributed by atoms with E-state index in [-0.39, 0.29) is 6.09 Å². The predicted octanol–water partition coefficient (Wildman–Crippen LogP) is 3.23. The number of aromatic nitrogens is 2. The molecule has 2 aromatic carbocycles. The van der Waals surface area contributed by atoms with E-state index in [4.69, 9.17) is 10.5 Å². The molecular weight excluding hydrogens is 368 g/mol. The lowest BCUT2D eigenvalue weighted by molar-refractivity contribution is 0.105.